The fourth-order valence-electron chi connectivity index (χ4n) is 4.58. The summed E-state index contributed by atoms with van der Waals surface area (Å²) in [4.78, 5) is 20.0. The summed E-state index contributed by atoms with van der Waals surface area (Å²) in [5.74, 6) is 0.925. The molecule has 0 atom stereocenters. The standard InChI is InChI=1S/C25H28N6O/c1-2-3-10-22-26-25(15-6-7-16-25)24(32)31(22)17-18-11-13-19(14-12-18)20-8-4-5-9-21(20)23-27-29-30-28-23/h4-5,8-9,11-14H,2-3,6-7,10,15-17H2,1H3,(H,27,28,29,30)/i11D,12D,13D,14D. The molecule has 0 bridgehead atoms. The number of aliphatic imine (C=N–C) groups is 1. The second-order valence-corrected chi connectivity index (χ2v) is 8.40. The minimum Gasteiger partial charge on any atom is -0.294 e. The van der Waals surface area contributed by atoms with E-state index in [4.69, 9.17) is 10.5 Å². The summed E-state index contributed by atoms with van der Waals surface area (Å²) in [5, 5.41) is 14.0. The quantitative estimate of drug-likeness (QED) is 0.582. The number of amides is 1. The molecule has 2 aromatic carbocycles. The molecule has 2 aliphatic rings. The van der Waals surface area contributed by atoms with Gasteiger partial charge in [0.25, 0.3) is 5.91 Å². The molecule has 1 spiro atoms. The van der Waals surface area contributed by atoms with Crippen LogP contribution in [0.3, 0.4) is 0 Å². The first kappa shape index (κ1) is 16.3. The van der Waals surface area contributed by atoms with Gasteiger partial charge in [-0.25, -0.2) is 0 Å². The van der Waals surface area contributed by atoms with Gasteiger partial charge < -0.3 is 0 Å². The molecule has 2 heterocycles. The van der Waals surface area contributed by atoms with Gasteiger partial charge in [0.2, 0.25) is 5.82 Å². The highest BCUT2D eigenvalue weighted by atomic mass is 16.2. The van der Waals surface area contributed by atoms with E-state index in [9.17, 15) is 4.79 Å². The molecule has 0 saturated heterocycles. The first-order valence-electron chi connectivity index (χ1n) is 13.2. The maximum Gasteiger partial charge on any atom is 0.256 e. The maximum absolute atomic E-state index is 13.5. The van der Waals surface area contributed by atoms with E-state index in [2.05, 4.69) is 27.5 Å². The van der Waals surface area contributed by atoms with Gasteiger partial charge in [0, 0.05) is 12.0 Å². The van der Waals surface area contributed by atoms with Crippen LogP contribution in [0, 0.1) is 0 Å². The normalized spacial score (nSPS) is 19.1. The topological polar surface area (TPSA) is 87.1 Å². The highest BCUT2D eigenvalue weighted by Gasteiger charge is 2.49. The number of rotatable bonds is 7. The Kier molecular flexibility index (Phi) is 4.41. The third-order valence-electron chi connectivity index (χ3n) is 6.26. The fraction of sp³-hybridized carbons (Fsp3) is 0.400. The lowest BCUT2D eigenvalue weighted by Crippen LogP contribution is -2.40. The van der Waals surface area contributed by atoms with Crippen molar-refractivity contribution in [2.75, 3.05) is 0 Å². The first-order valence-corrected chi connectivity index (χ1v) is 11.2. The number of amidine groups is 1. The van der Waals surface area contributed by atoms with Crippen molar-refractivity contribution >= 4 is 11.7 Å². The zero-order valence-corrected chi connectivity index (χ0v) is 18.1. The van der Waals surface area contributed by atoms with E-state index in [-0.39, 0.29) is 47.7 Å². The van der Waals surface area contributed by atoms with Crippen LogP contribution in [0.2, 0.25) is 0 Å². The summed E-state index contributed by atoms with van der Waals surface area (Å²) in [7, 11) is 0. The van der Waals surface area contributed by atoms with Crippen LogP contribution in [-0.2, 0) is 11.3 Å². The number of carbonyl (C=O) groups excluding carboxylic acids is 1. The summed E-state index contributed by atoms with van der Waals surface area (Å²) in [6, 6.07) is 6.36. The third-order valence-corrected chi connectivity index (χ3v) is 6.26. The van der Waals surface area contributed by atoms with Crippen molar-refractivity contribution in [3.63, 3.8) is 0 Å². The Bertz CT molecular complexity index is 1310. The van der Waals surface area contributed by atoms with Gasteiger partial charge >= 0.3 is 0 Å². The van der Waals surface area contributed by atoms with E-state index in [0.29, 0.717) is 29.2 Å². The molecule has 7 heteroatoms. The van der Waals surface area contributed by atoms with Crippen LogP contribution in [0.4, 0.5) is 0 Å². The van der Waals surface area contributed by atoms with Gasteiger partial charge in [0.05, 0.1) is 12.0 Å². The molecule has 1 fully saturated rings. The fourth-order valence-corrected chi connectivity index (χ4v) is 4.58. The Hall–Kier alpha value is -3.35. The van der Waals surface area contributed by atoms with Crippen molar-refractivity contribution in [2.45, 2.75) is 64.0 Å². The number of carbonyl (C=O) groups is 1. The summed E-state index contributed by atoms with van der Waals surface area (Å²) in [6.07, 6.45) is 5.86. The highest BCUT2D eigenvalue weighted by Crippen LogP contribution is 2.40. The van der Waals surface area contributed by atoms with Crippen molar-refractivity contribution in [3.8, 4) is 22.5 Å². The molecule has 1 saturated carbocycles. The largest absolute Gasteiger partial charge is 0.294 e. The van der Waals surface area contributed by atoms with E-state index < -0.39 is 5.54 Å². The second-order valence-electron chi connectivity index (χ2n) is 8.40. The van der Waals surface area contributed by atoms with Crippen LogP contribution < -0.4 is 0 Å². The van der Waals surface area contributed by atoms with E-state index in [1.54, 1.807) is 29.2 Å². The number of aromatic nitrogens is 4. The minimum absolute atomic E-state index is 0.0225. The monoisotopic (exact) mass is 432 g/mol. The second kappa shape index (κ2) is 8.65. The lowest BCUT2D eigenvalue weighted by atomic mass is 9.97. The van der Waals surface area contributed by atoms with E-state index in [0.717, 1.165) is 38.5 Å². The average molecular weight is 433 g/mol. The molecule has 1 aromatic heterocycles. The van der Waals surface area contributed by atoms with Gasteiger partial charge in [-0.05, 0) is 41.2 Å². The maximum atomic E-state index is 13.5. The van der Waals surface area contributed by atoms with Crippen LogP contribution in [0.1, 0.15) is 62.9 Å². The Morgan fingerprint density at radius 3 is 2.56 bits per heavy atom. The van der Waals surface area contributed by atoms with Crippen molar-refractivity contribution in [2.24, 2.45) is 4.99 Å². The van der Waals surface area contributed by atoms with Gasteiger partial charge in [-0.2, -0.15) is 5.21 Å². The van der Waals surface area contributed by atoms with Crippen LogP contribution in [0.15, 0.2) is 53.4 Å². The number of unbranched alkanes of at least 4 members (excludes halogenated alkanes) is 1. The summed E-state index contributed by atoms with van der Waals surface area (Å²) in [5.41, 5.74) is 0.666. The summed E-state index contributed by atoms with van der Waals surface area (Å²) >= 11 is 0. The van der Waals surface area contributed by atoms with Crippen molar-refractivity contribution in [3.05, 3.63) is 54.0 Å². The highest BCUT2D eigenvalue weighted by molar-refractivity contribution is 6.08. The number of tetrazole rings is 1. The molecular weight excluding hydrogens is 400 g/mol. The van der Waals surface area contributed by atoms with Crippen LogP contribution in [-0.4, -0.2) is 42.8 Å². The van der Waals surface area contributed by atoms with Gasteiger partial charge in [0.1, 0.15) is 11.4 Å². The molecule has 0 unspecified atom stereocenters. The van der Waals surface area contributed by atoms with Crippen LogP contribution in [0.5, 0.6) is 0 Å². The molecule has 3 aromatic rings. The number of nitrogens with one attached hydrogen (secondary N) is 1. The number of nitrogens with zero attached hydrogens (tertiary/aromatic N) is 5. The van der Waals surface area contributed by atoms with Crippen LogP contribution in [0.25, 0.3) is 22.5 Å². The van der Waals surface area contributed by atoms with E-state index in [1.807, 2.05) is 0 Å². The number of aromatic amines is 1. The SMILES string of the molecule is [2H]c1c([2H])c(-c2ccccc2-c2nn[nH]n2)c([2H])c([2H])c1CN1C(=O)C2(CCCC2)N=C1CCCC. The molecule has 1 amide bonds. The summed E-state index contributed by atoms with van der Waals surface area (Å²) < 4.78 is 35.1. The Morgan fingerprint density at radius 2 is 1.88 bits per heavy atom. The molecule has 7 nitrogen and oxygen atoms in total. The van der Waals surface area contributed by atoms with Gasteiger partial charge in [-0.15, -0.1) is 10.2 Å². The molecule has 1 N–H and O–H groups in total. The lowest BCUT2D eigenvalue weighted by Gasteiger charge is -2.23. The van der Waals surface area contributed by atoms with Gasteiger partial charge in [-0.1, -0.05) is 74.6 Å². The number of H-pyrrole nitrogens is 1. The van der Waals surface area contributed by atoms with Crippen LogP contribution >= 0.6 is 0 Å². The van der Waals surface area contributed by atoms with Gasteiger partial charge in [-0.3, -0.25) is 14.7 Å². The molecule has 1 aliphatic carbocycles. The number of hydrogen-bond acceptors (Lipinski definition) is 5. The predicted octanol–water partition coefficient (Wildman–Crippen LogP) is 4.78. The lowest BCUT2D eigenvalue weighted by molar-refractivity contribution is -0.131. The molecule has 32 heavy (non-hydrogen) atoms. The molecule has 1 aliphatic heterocycles. The first-order chi connectivity index (χ1) is 17.4. The Balaban J connectivity index is 1.56. The zero-order chi connectivity index (χ0) is 25.4. The minimum atomic E-state index is -0.718. The van der Waals surface area contributed by atoms with Crippen molar-refractivity contribution in [1.29, 1.82) is 0 Å². The number of hydrogen-bond donors (Lipinski definition) is 1. The van der Waals surface area contributed by atoms with E-state index >= 15 is 0 Å². The average Bonchev–Trinajstić information content (AvgIpc) is 3.63. The smallest absolute Gasteiger partial charge is 0.256 e. The predicted molar refractivity (Wildman–Crippen MR) is 124 cm³/mol. The Labute approximate surface area is 193 Å². The molecule has 164 valence electrons. The van der Waals surface area contributed by atoms with Crippen molar-refractivity contribution in [1.82, 2.24) is 25.5 Å². The molecular formula is C25H28N6O. The zero-order valence-electron chi connectivity index (χ0n) is 22.1. The van der Waals surface area contributed by atoms with E-state index in [1.165, 1.54) is 0 Å². The Morgan fingerprint density at radius 1 is 1.12 bits per heavy atom. The summed E-state index contributed by atoms with van der Waals surface area (Å²) in [6.45, 7) is 2.06. The number of benzene rings is 2. The van der Waals surface area contributed by atoms with Gasteiger partial charge in [0.15, 0.2) is 0 Å². The molecule has 5 rings (SSSR count). The molecule has 0 radical (unpaired) electrons. The van der Waals surface area contributed by atoms with Crippen molar-refractivity contribution < 1.29 is 10.3 Å². The third kappa shape index (κ3) is 3.72.